The molecule has 1 atom stereocenters. The number of aromatic nitrogens is 2. The summed E-state index contributed by atoms with van der Waals surface area (Å²) < 4.78 is 1.06. The lowest BCUT2D eigenvalue weighted by Gasteiger charge is -2.09. The minimum Gasteiger partial charge on any atom is -0.389 e. The van der Waals surface area contributed by atoms with Crippen LogP contribution in [0.25, 0.3) is 0 Å². The van der Waals surface area contributed by atoms with Crippen LogP contribution < -0.4 is 0 Å². The van der Waals surface area contributed by atoms with E-state index >= 15 is 0 Å². The molecule has 0 saturated heterocycles. The molecule has 0 fully saturated rings. The molecule has 1 N–H and O–H groups in total. The highest BCUT2D eigenvalue weighted by atomic mass is 79.9. The number of nitrogens with zero attached hydrogens (tertiary/aromatic N) is 2. The van der Waals surface area contributed by atoms with Crippen LogP contribution in [0.15, 0.2) is 34.9 Å². The van der Waals surface area contributed by atoms with Gasteiger partial charge in [-0.2, -0.15) is 0 Å². The minimum atomic E-state index is -0.525. The molecule has 1 aromatic heterocycles. The van der Waals surface area contributed by atoms with Crippen LogP contribution >= 0.6 is 15.9 Å². The maximum atomic E-state index is 9.54. The second-order valence-corrected chi connectivity index (χ2v) is 5.13. The van der Waals surface area contributed by atoms with Crippen molar-refractivity contribution < 1.29 is 5.11 Å². The molecule has 0 amide bonds. The highest BCUT2D eigenvalue weighted by molar-refractivity contribution is 9.10. The molecule has 0 aliphatic carbocycles. The van der Waals surface area contributed by atoms with Gasteiger partial charge in [0.15, 0.2) is 0 Å². The van der Waals surface area contributed by atoms with E-state index in [1.54, 1.807) is 13.1 Å². The minimum absolute atomic E-state index is 0.525. The second-order valence-electron chi connectivity index (χ2n) is 4.27. The third-order valence-electron chi connectivity index (χ3n) is 2.82. The van der Waals surface area contributed by atoms with Crippen molar-refractivity contribution in [3.05, 3.63) is 57.6 Å². The highest BCUT2D eigenvalue weighted by Gasteiger charge is 2.09. The molecule has 18 heavy (non-hydrogen) atoms. The Morgan fingerprint density at radius 2 is 2.06 bits per heavy atom. The van der Waals surface area contributed by atoms with E-state index in [1.165, 1.54) is 0 Å². The van der Waals surface area contributed by atoms with Gasteiger partial charge in [0.25, 0.3) is 0 Å². The number of aryl methyl sites for hydroxylation is 1. The largest absolute Gasteiger partial charge is 0.389 e. The van der Waals surface area contributed by atoms with Gasteiger partial charge in [0.1, 0.15) is 5.82 Å². The summed E-state index contributed by atoms with van der Waals surface area (Å²) in [4.78, 5) is 8.74. The number of hydrogen-bond donors (Lipinski definition) is 1. The van der Waals surface area contributed by atoms with Crippen LogP contribution in [0.3, 0.4) is 0 Å². The number of halogens is 1. The van der Waals surface area contributed by atoms with Gasteiger partial charge in [-0.25, -0.2) is 9.97 Å². The van der Waals surface area contributed by atoms with Gasteiger partial charge >= 0.3 is 0 Å². The molecule has 0 saturated carbocycles. The summed E-state index contributed by atoms with van der Waals surface area (Å²) >= 11 is 3.51. The van der Waals surface area contributed by atoms with E-state index in [1.807, 2.05) is 31.2 Å². The normalized spacial score (nSPS) is 12.4. The summed E-state index contributed by atoms with van der Waals surface area (Å²) in [6.07, 6.45) is 1.86. The number of rotatable bonds is 3. The van der Waals surface area contributed by atoms with Crippen molar-refractivity contribution in [1.82, 2.24) is 9.97 Å². The first-order chi connectivity index (χ1) is 8.58. The molecular formula is C14H15BrN2O. The first-order valence-corrected chi connectivity index (χ1v) is 6.61. The Labute approximate surface area is 115 Å². The molecule has 0 bridgehead atoms. The fraction of sp³-hybridized carbons (Fsp3) is 0.286. The van der Waals surface area contributed by atoms with E-state index in [4.69, 9.17) is 0 Å². The third-order valence-corrected chi connectivity index (χ3v) is 3.60. The summed E-state index contributed by atoms with van der Waals surface area (Å²) in [6, 6.07) is 8.03. The van der Waals surface area contributed by atoms with Crippen LogP contribution in [0.2, 0.25) is 0 Å². The van der Waals surface area contributed by atoms with E-state index < -0.39 is 6.10 Å². The molecule has 3 nitrogen and oxygen atoms in total. The number of hydrogen-bond acceptors (Lipinski definition) is 3. The first kappa shape index (κ1) is 13.2. The molecule has 1 heterocycles. The van der Waals surface area contributed by atoms with Gasteiger partial charge < -0.3 is 5.11 Å². The maximum Gasteiger partial charge on any atom is 0.132 e. The van der Waals surface area contributed by atoms with Crippen LogP contribution in [0.5, 0.6) is 0 Å². The Bertz CT molecular complexity index is 555. The molecule has 1 unspecified atom stereocenters. The van der Waals surface area contributed by atoms with Crippen molar-refractivity contribution in [2.45, 2.75) is 26.4 Å². The molecule has 0 aliphatic rings. The summed E-state index contributed by atoms with van der Waals surface area (Å²) in [5.41, 5.74) is 2.77. The van der Waals surface area contributed by atoms with Crippen molar-refractivity contribution in [3.8, 4) is 0 Å². The zero-order valence-electron chi connectivity index (χ0n) is 10.4. The summed E-state index contributed by atoms with van der Waals surface area (Å²) in [5.74, 6) is 0.767. The molecule has 4 heteroatoms. The summed E-state index contributed by atoms with van der Waals surface area (Å²) in [5, 5.41) is 9.54. The lowest BCUT2D eigenvalue weighted by atomic mass is 10.1. The van der Waals surface area contributed by atoms with Crippen LogP contribution in [-0.2, 0) is 6.42 Å². The number of benzene rings is 1. The molecule has 0 spiro atoms. The molecule has 0 radical (unpaired) electrons. The van der Waals surface area contributed by atoms with Crippen LogP contribution in [0.1, 0.15) is 35.7 Å². The average molecular weight is 307 g/mol. The van der Waals surface area contributed by atoms with Gasteiger partial charge in [0.2, 0.25) is 0 Å². The molecule has 0 aliphatic heterocycles. The number of aliphatic hydroxyl groups excluding tert-OH is 1. The Morgan fingerprint density at radius 1 is 1.33 bits per heavy atom. The number of aliphatic hydroxyl groups is 1. The zero-order chi connectivity index (χ0) is 13.1. The fourth-order valence-corrected chi connectivity index (χ4v) is 2.26. The Kier molecular flexibility index (Phi) is 4.09. The van der Waals surface area contributed by atoms with Gasteiger partial charge in [-0.1, -0.05) is 34.1 Å². The maximum absolute atomic E-state index is 9.54. The predicted molar refractivity (Wildman–Crippen MR) is 74.4 cm³/mol. The van der Waals surface area contributed by atoms with Crippen LogP contribution in [0, 0.1) is 6.92 Å². The van der Waals surface area contributed by atoms with Gasteiger partial charge in [-0.05, 0) is 25.5 Å². The lowest BCUT2D eigenvalue weighted by Crippen LogP contribution is -2.04. The molecule has 94 valence electrons. The van der Waals surface area contributed by atoms with E-state index in [2.05, 4.69) is 25.9 Å². The standard InChI is InChI=1S/C14H15BrN2O/c1-9-12(10(2)18)8-16-14(17-9)7-11-5-3-4-6-13(11)15/h3-6,8,10,18H,7H2,1-2H3. The first-order valence-electron chi connectivity index (χ1n) is 5.82. The SMILES string of the molecule is Cc1nc(Cc2ccccc2Br)ncc1C(C)O. The quantitative estimate of drug-likeness (QED) is 0.947. The van der Waals surface area contributed by atoms with Crippen molar-refractivity contribution >= 4 is 15.9 Å². The van der Waals surface area contributed by atoms with E-state index in [0.29, 0.717) is 6.42 Å². The highest BCUT2D eigenvalue weighted by Crippen LogP contribution is 2.19. The second kappa shape index (κ2) is 5.59. The monoisotopic (exact) mass is 306 g/mol. The van der Waals surface area contributed by atoms with Gasteiger partial charge in [-0.3, -0.25) is 0 Å². The smallest absolute Gasteiger partial charge is 0.132 e. The molecule has 2 rings (SSSR count). The Hall–Kier alpha value is -1.26. The van der Waals surface area contributed by atoms with Crippen LogP contribution in [-0.4, -0.2) is 15.1 Å². The third kappa shape index (κ3) is 2.94. The van der Waals surface area contributed by atoms with Gasteiger partial charge in [0, 0.05) is 28.3 Å². The zero-order valence-corrected chi connectivity index (χ0v) is 12.0. The van der Waals surface area contributed by atoms with Crippen molar-refractivity contribution in [1.29, 1.82) is 0 Å². The van der Waals surface area contributed by atoms with E-state index in [0.717, 1.165) is 27.1 Å². The Morgan fingerprint density at radius 3 is 2.67 bits per heavy atom. The van der Waals surface area contributed by atoms with Crippen LogP contribution in [0.4, 0.5) is 0 Å². The van der Waals surface area contributed by atoms with Crippen molar-refractivity contribution in [2.75, 3.05) is 0 Å². The van der Waals surface area contributed by atoms with Gasteiger partial charge in [0.05, 0.1) is 6.10 Å². The Balaban J connectivity index is 2.26. The lowest BCUT2D eigenvalue weighted by molar-refractivity contribution is 0.197. The van der Waals surface area contributed by atoms with Crippen molar-refractivity contribution in [2.24, 2.45) is 0 Å². The fourth-order valence-electron chi connectivity index (χ4n) is 1.83. The topological polar surface area (TPSA) is 46.0 Å². The predicted octanol–water partition coefficient (Wildman–Crippen LogP) is 3.19. The molecule has 1 aromatic carbocycles. The average Bonchev–Trinajstić information content (AvgIpc) is 2.32. The van der Waals surface area contributed by atoms with Gasteiger partial charge in [-0.15, -0.1) is 0 Å². The molecule has 2 aromatic rings. The van der Waals surface area contributed by atoms with E-state index in [9.17, 15) is 5.11 Å². The molecular weight excluding hydrogens is 292 g/mol. The summed E-state index contributed by atoms with van der Waals surface area (Å²) in [7, 11) is 0. The van der Waals surface area contributed by atoms with Crippen molar-refractivity contribution in [3.63, 3.8) is 0 Å². The van der Waals surface area contributed by atoms with E-state index in [-0.39, 0.29) is 0 Å². The summed E-state index contributed by atoms with van der Waals surface area (Å²) in [6.45, 7) is 3.62.